The van der Waals surface area contributed by atoms with E-state index in [0.717, 1.165) is 24.8 Å². The molecule has 1 saturated carbocycles. The smallest absolute Gasteiger partial charge is 0.318 e. The van der Waals surface area contributed by atoms with E-state index >= 15 is 4.39 Å². The third-order valence-electron chi connectivity index (χ3n) is 9.15. The summed E-state index contributed by atoms with van der Waals surface area (Å²) in [5.74, 6) is 0.0270. The lowest BCUT2D eigenvalue weighted by molar-refractivity contribution is 0.0553. The van der Waals surface area contributed by atoms with Crippen LogP contribution >= 0.6 is 11.3 Å². The zero-order valence-corrected chi connectivity index (χ0v) is 23.7. The molecule has 2 aliphatic carbocycles. The van der Waals surface area contributed by atoms with E-state index in [-0.39, 0.29) is 35.9 Å². The predicted molar refractivity (Wildman–Crippen MR) is 153 cm³/mol. The van der Waals surface area contributed by atoms with Crippen LogP contribution in [0.3, 0.4) is 0 Å². The Bertz CT molecular complexity index is 1700. The molecule has 2 atom stereocenters. The number of anilines is 2. The molecule has 0 amide bonds. The lowest BCUT2D eigenvalue weighted by Crippen LogP contribution is -2.61. The number of halogens is 2. The number of aromatic nitrogens is 2. The minimum Gasteiger partial charge on any atom is -0.490 e. The summed E-state index contributed by atoms with van der Waals surface area (Å²) in [6, 6.07) is 2.53. The van der Waals surface area contributed by atoms with Crippen molar-refractivity contribution in [2.24, 2.45) is 0 Å². The first kappa shape index (κ1) is 25.7. The molecular weight excluding hydrogens is 536 g/mol. The van der Waals surface area contributed by atoms with Crippen LogP contribution in [0.2, 0.25) is 0 Å². The fourth-order valence-corrected chi connectivity index (χ4v) is 7.71. The Morgan fingerprint density at radius 1 is 1.25 bits per heavy atom. The molecule has 8 nitrogen and oxygen atoms in total. The van der Waals surface area contributed by atoms with E-state index in [1.54, 1.807) is 13.0 Å². The SMILES string of the molecule is COc1nc2c3c(c4c(c(F)c3n1)-c1ccc(F)c3sc(N)c(c13)C4)OCC(C(C)O)N2CC1(N(C)C)CCC1. The summed E-state index contributed by atoms with van der Waals surface area (Å²) in [5.41, 5.74) is 8.63. The number of nitrogens with zero attached hydrogens (tertiary/aromatic N) is 4. The molecule has 3 heterocycles. The molecule has 3 aliphatic rings. The first-order valence-corrected chi connectivity index (χ1v) is 14.3. The Hall–Kier alpha value is -3.28. The highest BCUT2D eigenvalue weighted by molar-refractivity contribution is 7.23. The van der Waals surface area contributed by atoms with E-state index in [0.29, 0.717) is 55.3 Å². The molecule has 1 fully saturated rings. The number of benzene rings is 2. The van der Waals surface area contributed by atoms with Crippen LogP contribution in [0.15, 0.2) is 12.1 Å². The number of nitrogen functional groups attached to an aromatic ring is 1. The fourth-order valence-electron chi connectivity index (χ4n) is 6.69. The molecular formula is C29H31F2N5O3S. The van der Waals surface area contributed by atoms with Gasteiger partial charge >= 0.3 is 6.01 Å². The van der Waals surface area contributed by atoms with Crippen molar-refractivity contribution in [1.29, 1.82) is 0 Å². The molecule has 2 aromatic heterocycles. The molecule has 210 valence electrons. The number of thiophene rings is 1. The van der Waals surface area contributed by atoms with E-state index in [1.807, 2.05) is 0 Å². The van der Waals surface area contributed by atoms with Gasteiger partial charge in [-0.1, -0.05) is 6.07 Å². The summed E-state index contributed by atoms with van der Waals surface area (Å²) in [7, 11) is 5.58. The van der Waals surface area contributed by atoms with Gasteiger partial charge in [0.1, 0.15) is 29.5 Å². The van der Waals surface area contributed by atoms with Crippen LogP contribution in [0.1, 0.15) is 37.3 Å². The highest BCUT2D eigenvalue weighted by Crippen LogP contribution is 2.54. The molecule has 0 radical (unpaired) electrons. The molecule has 2 unspecified atom stereocenters. The standard InChI is InChI=1S/C29H31F2N5O3S/c1-13(37)18-11-39-24-15-10-16-20-14(6-7-17(30)25(20)40-26(16)32)19(15)22(31)23-21(24)27(34-28(33-23)38-4)36(18)12-29(35(2)3)8-5-9-29/h6-7,13,18,37H,5,8-12,32H2,1-4H3. The number of hydrogen-bond acceptors (Lipinski definition) is 9. The Labute approximate surface area is 234 Å². The molecule has 0 saturated heterocycles. The van der Waals surface area contributed by atoms with Gasteiger partial charge in [0.05, 0.1) is 34.3 Å². The highest BCUT2D eigenvalue weighted by Gasteiger charge is 2.45. The second kappa shape index (κ2) is 8.86. The number of aliphatic hydroxyl groups is 1. The van der Waals surface area contributed by atoms with Crippen molar-refractivity contribution in [2.45, 2.75) is 50.3 Å². The third kappa shape index (κ3) is 3.40. The summed E-state index contributed by atoms with van der Waals surface area (Å²) in [4.78, 5) is 13.5. The molecule has 3 N–H and O–H groups in total. The average molecular weight is 568 g/mol. The first-order chi connectivity index (χ1) is 19.1. The van der Waals surface area contributed by atoms with Gasteiger partial charge in [0.25, 0.3) is 0 Å². The Morgan fingerprint density at radius 3 is 2.67 bits per heavy atom. The van der Waals surface area contributed by atoms with Crippen molar-refractivity contribution in [2.75, 3.05) is 45.0 Å². The number of likely N-dealkylation sites (N-methyl/N-ethyl adjacent to an activating group) is 1. The summed E-state index contributed by atoms with van der Waals surface area (Å²) in [5, 5.41) is 12.6. The molecule has 4 aromatic rings. The maximum Gasteiger partial charge on any atom is 0.318 e. The molecule has 7 rings (SSSR count). The second-order valence-corrected chi connectivity index (χ2v) is 12.4. The summed E-state index contributed by atoms with van der Waals surface area (Å²) in [6.07, 6.45) is 2.63. The second-order valence-electron chi connectivity index (χ2n) is 11.4. The van der Waals surface area contributed by atoms with Crippen molar-refractivity contribution in [3.63, 3.8) is 0 Å². The van der Waals surface area contributed by atoms with E-state index in [1.165, 1.54) is 24.5 Å². The number of aliphatic hydroxyl groups excluding tert-OH is 1. The first-order valence-electron chi connectivity index (χ1n) is 13.5. The topological polar surface area (TPSA) is 97.0 Å². The van der Waals surface area contributed by atoms with Gasteiger partial charge in [-0.15, -0.1) is 11.3 Å². The third-order valence-corrected chi connectivity index (χ3v) is 10.2. The predicted octanol–water partition coefficient (Wildman–Crippen LogP) is 4.72. The number of rotatable bonds is 5. The summed E-state index contributed by atoms with van der Waals surface area (Å²) >= 11 is 1.17. The van der Waals surface area contributed by atoms with E-state index in [9.17, 15) is 9.50 Å². The lowest BCUT2D eigenvalue weighted by Gasteiger charge is -2.51. The van der Waals surface area contributed by atoms with Crippen LogP contribution in [-0.4, -0.2) is 72.0 Å². The fraction of sp³-hybridized carbons (Fsp3) is 0.448. The number of hydrogen-bond donors (Lipinski definition) is 2. The zero-order chi connectivity index (χ0) is 28.1. The van der Waals surface area contributed by atoms with Gasteiger partial charge in [0, 0.05) is 35.0 Å². The van der Waals surface area contributed by atoms with Crippen LogP contribution in [0.25, 0.3) is 32.1 Å². The number of ether oxygens (including phenoxy) is 2. The van der Waals surface area contributed by atoms with Crippen molar-refractivity contribution in [3.05, 3.63) is 34.9 Å². The Balaban J connectivity index is 1.54. The van der Waals surface area contributed by atoms with Crippen LogP contribution in [-0.2, 0) is 6.42 Å². The molecule has 1 aliphatic heterocycles. The van der Waals surface area contributed by atoms with E-state index < -0.39 is 18.0 Å². The lowest BCUT2D eigenvalue weighted by atomic mass is 9.75. The number of methoxy groups -OCH3 is 1. The van der Waals surface area contributed by atoms with Gasteiger partial charge < -0.3 is 30.1 Å². The molecule has 0 spiro atoms. The van der Waals surface area contributed by atoms with E-state index in [4.69, 9.17) is 20.2 Å². The maximum absolute atomic E-state index is 16.8. The van der Waals surface area contributed by atoms with Crippen molar-refractivity contribution in [3.8, 4) is 22.9 Å². The minimum absolute atomic E-state index is 0.0246. The zero-order valence-electron chi connectivity index (χ0n) is 22.8. The number of nitrogens with two attached hydrogens (primary N) is 1. The Kier molecular flexibility index (Phi) is 5.69. The molecule has 0 bridgehead atoms. The van der Waals surface area contributed by atoms with Crippen molar-refractivity contribution >= 4 is 43.1 Å². The monoisotopic (exact) mass is 567 g/mol. The maximum atomic E-state index is 16.8. The van der Waals surface area contributed by atoms with Gasteiger partial charge in [-0.25, -0.2) is 8.78 Å². The van der Waals surface area contributed by atoms with Gasteiger partial charge in [-0.05, 0) is 57.5 Å². The van der Waals surface area contributed by atoms with Crippen molar-refractivity contribution < 1.29 is 23.4 Å². The Morgan fingerprint density at radius 2 is 2.02 bits per heavy atom. The summed E-state index contributed by atoms with van der Waals surface area (Å²) in [6.45, 7) is 2.48. The van der Waals surface area contributed by atoms with Gasteiger partial charge in [0.15, 0.2) is 5.82 Å². The van der Waals surface area contributed by atoms with Gasteiger partial charge in [-0.3, -0.25) is 0 Å². The van der Waals surface area contributed by atoms with Crippen molar-refractivity contribution in [1.82, 2.24) is 14.9 Å². The normalized spacial score (nSPS) is 19.8. The van der Waals surface area contributed by atoms with Crippen LogP contribution < -0.4 is 20.1 Å². The number of fused-ring (bicyclic) bond motifs is 3. The van der Waals surface area contributed by atoms with Crippen LogP contribution in [0, 0.1) is 11.6 Å². The van der Waals surface area contributed by atoms with Crippen LogP contribution in [0.5, 0.6) is 11.8 Å². The van der Waals surface area contributed by atoms with Gasteiger partial charge in [-0.2, -0.15) is 9.97 Å². The minimum atomic E-state index is -0.763. The molecule has 11 heteroatoms. The summed E-state index contributed by atoms with van der Waals surface area (Å²) < 4.78 is 43.9. The van der Waals surface area contributed by atoms with E-state index in [2.05, 4.69) is 28.9 Å². The molecule has 40 heavy (non-hydrogen) atoms. The van der Waals surface area contributed by atoms with Gasteiger partial charge in [0.2, 0.25) is 0 Å². The molecule has 2 aromatic carbocycles. The quantitative estimate of drug-likeness (QED) is 0.315. The highest BCUT2D eigenvalue weighted by atomic mass is 32.1. The van der Waals surface area contributed by atoms with Crippen LogP contribution in [0.4, 0.5) is 19.6 Å². The average Bonchev–Trinajstić information content (AvgIpc) is 3.14. The largest absolute Gasteiger partial charge is 0.490 e.